The minimum absolute atomic E-state index is 0.276. The van der Waals surface area contributed by atoms with E-state index >= 15 is 0 Å². The Labute approximate surface area is 159 Å². The van der Waals surface area contributed by atoms with E-state index in [4.69, 9.17) is 0 Å². The van der Waals surface area contributed by atoms with Gasteiger partial charge in [0.1, 0.15) is 5.82 Å². The van der Waals surface area contributed by atoms with Crippen LogP contribution in [0.15, 0.2) is 46.9 Å². The zero-order valence-corrected chi connectivity index (χ0v) is 15.9. The molecule has 0 spiro atoms. The van der Waals surface area contributed by atoms with Crippen LogP contribution < -0.4 is 10.2 Å². The Morgan fingerprint density at radius 1 is 1.04 bits per heavy atom. The summed E-state index contributed by atoms with van der Waals surface area (Å²) in [4.78, 5) is 28.2. The minimum Gasteiger partial charge on any atom is -0.368 e. The average molecular weight is 420 g/mol. The second-order valence-electron chi connectivity index (χ2n) is 6.17. The van der Waals surface area contributed by atoms with Gasteiger partial charge in [-0.1, -0.05) is 15.9 Å². The lowest BCUT2D eigenvalue weighted by Gasteiger charge is -2.35. The van der Waals surface area contributed by atoms with Gasteiger partial charge in [0.05, 0.1) is 0 Å². The SMILES string of the molecule is Cc1cc(NC(=O)C(=O)N2CCN(c3ccc(F)cc3)CC2)ccc1Br. The summed E-state index contributed by atoms with van der Waals surface area (Å²) in [6.45, 7) is 4.01. The lowest BCUT2D eigenvalue weighted by Crippen LogP contribution is -2.51. The fourth-order valence-corrected chi connectivity index (χ4v) is 3.12. The molecule has 0 saturated carbocycles. The van der Waals surface area contributed by atoms with Crippen LogP contribution in [0, 0.1) is 12.7 Å². The molecule has 1 aliphatic rings. The lowest BCUT2D eigenvalue weighted by molar-refractivity contribution is -0.143. The summed E-state index contributed by atoms with van der Waals surface area (Å²) in [6.07, 6.45) is 0. The zero-order valence-electron chi connectivity index (χ0n) is 14.3. The maximum absolute atomic E-state index is 13.0. The number of hydrogen-bond acceptors (Lipinski definition) is 3. The van der Waals surface area contributed by atoms with Crippen molar-refractivity contribution in [1.82, 2.24) is 4.90 Å². The molecule has 1 heterocycles. The van der Waals surface area contributed by atoms with Gasteiger partial charge in [-0.15, -0.1) is 0 Å². The molecular weight excluding hydrogens is 401 g/mol. The first-order valence-corrected chi connectivity index (χ1v) is 9.10. The molecule has 0 aromatic heterocycles. The number of halogens is 2. The molecule has 0 bridgehead atoms. The van der Waals surface area contributed by atoms with Crippen molar-refractivity contribution in [2.45, 2.75) is 6.92 Å². The third-order valence-corrected chi connectivity index (χ3v) is 5.26. The summed E-state index contributed by atoms with van der Waals surface area (Å²) >= 11 is 3.40. The Morgan fingerprint density at radius 3 is 2.31 bits per heavy atom. The van der Waals surface area contributed by atoms with E-state index in [0.717, 1.165) is 15.7 Å². The number of piperazine rings is 1. The molecule has 1 N–H and O–H groups in total. The lowest BCUT2D eigenvalue weighted by atomic mass is 10.2. The first kappa shape index (κ1) is 18.4. The van der Waals surface area contributed by atoms with Crippen LogP contribution in [0.3, 0.4) is 0 Å². The van der Waals surface area contributed by atoms with Crippen molar-refractivity contribution >= 4 is 39.1 Å². The topological polar surface area (TPSA) is 52.7 Å². The van der Waals surface area contributed by atoms with E-state index in [0.29, 0.717) is 31.9 Å². The molecule has 0 radical (unpaired) electrons. The van der Waals surface area contributed by atoms with Crippen LogP contribution in [-0.2, 0) is 9.59 Å². The van der Waals surface area contributed by atoms with Crippen molar-refractivity contribution < 1.29 is 14.0 Å². The number of carbonyl (C=O) groups is 2. The van der Waals surface area contributed by atoms with E-state index in [9.17, 15) is 14.0 Å². The number of hydrogen-bond donors (Lipinski definition) is 1. The Bertz CT molecular complexity index is 818. The maximum Gasteiger partial charge on any atom is 0.313 e. The fourth-order valence-electron chi connectivity index (χ4n) is 2.87. The number of amides is 2. The van der Waals surface area contributed by atoms with Gasteiger partial charge >= 0.3 is 11.8 Å². The summed E-state index contributed by atoms with van der Waals surface area (Å²) in [5.74, 6) is -1.45. The zero-order chi connectivity index (χ0) is 18.7. The molecule has 0 aliphatic carbocycles. The number of rotatable bonds is 2. The first-order valence-electron chi connectivity index (χ1n) is 8.31. The average Bonchev–Trinajstić information content (AvgIpc) is 2.65. The largest absolute Gasteiger partial charge is 0.368 e. The highest BCUT2D eigenvalue weighted by Crippen LogP contribution is 2.20. The number of carbonyl (C=O) groups excluding carboxylic acids is 2. The highest BCUT2D eigenvalue weighted by Gasteiger charge is 2.26. The highest BCUT2D eigenvalue weighted by atomic mass is 79.9. The number of nitrogens with zero attached hydrogens (tertiary/aromatic N) is 2. The Balaban J connectivity index is 1.56. The van der Waals surface area contributed by atoms with Gasteiger partial charge in [-0.3, -0.25) is 9.59 Å². The summed E-state index contributed by atoms with van der Waals surface area (Å²) < 4.78 is 14.0. The molecule has 1 saturated heterocycles. The predicted molar refractivity (Wildman–Crippen MR) is 103 cm³/mol. The van der Waals surface area contributed by atoms with Crippen LogP contribution in [0.25, 0.3) is 0 Å². The van der Waals surface area contributed by atoms with E-state index in [1.165, 1.54) is 12.1 Å². The van der Waals surface area contributed by atoms with Crippen LogP contribution in [0.2, 0.25) is 0 Å². The fraction of sp³-hybridized carbons (Fsp3) is 0.263. The standard InChI is InChI=1S/C19H19BrFN3O2/c1-13-12-15(4-7-17(13)20)22-18(25)19(26)24-10-8-23(9-11-24)16-5-2-14(21)3-6-16/h2-7,12H,8-11H2,1H3,(H,22,25). The molecule has 0 atom stereocenters. The van der Waals surface area contributed by atoms with Gasteiger partial charge in [0.15, 0.2) is 0 Å². The predicted octanol–water partition coefficient (Wildman–Crippen LogP) is 3.18. The van der Waals surface area contributed by atoms with Crippen LogP contribution >= 0.6 is 15.9 Å². The molecule has 1 aliphatic heterocycles. The van der Waals surface area contributed by atoms with Crippen molar-refractivity contribution in [2.24, 2.45) is 0 Å². The van der Waals surface area contributed by atoms with Crippen molar-refractivity contribution in [2.75, 3.05) is 36.4 Å². The molecule has 7 heteroatoms. The Morgan fingerprint density at radius 2 is 1.69 bits per heavy atom. The molecule has 2 amide bonds. The monoisotopic (exact) mass is 419 g/mol. The van der Waals surface area contributed by atoms with Crippen LogP contribution in [0.4, 0.5) is 15.8 Å². The minimum atomic E-state index is -0.637. The summed E-state index contributed by atoms with van der Waals surface area (Å²) in [5.41, 5.74) is 2.48. The van der Waals surface area contributed by atoms with Gasteiger partial charge in [0.25, 0.3) is 0 Å². The van der Waals surface area contributed by atoms with E-state index in [-0.39, 0.29) is 5.82 Å². The van der Waals surface area contributed by atoms with Gasteiger partial charge in [0, 0.05) is 42.0 Å². The molecule has 5 nitrogen and oxygen atoms in total. The molecule has 3 rings (SSSR count). The molecule has 1 fully saturated rings. The first-order chi connectivity index (χ1) is 12.4. The van der Waals surface area contributed by atoms with Crippen LogP contribution in [0.1, 0.15) is 5.56 Å². The van der Waals surface area contributed by atoms with Crippen molar-refractivity contribution in [3.05, 3.63) is 58.3 Å². The van der Waals surface area contributed by atoms with Gasteiger partial charge in [0.2, 0.25) is 0 Å². The number of aryl methyl sites for hydroxylation is 1. The van der Waals surface area contributed by atoms with Gasteiger partial charge < -0.3 is 15.1 Å². The molecule has 2 aromatic rings. The smallest absolute Gasteiger partial charge is 0.313 e. The molecular formula is C19H19BrFN3O2. The normalized spacial score (nSPS) is 14.3. The molecule has 0 unspecified atom stereocenters. The third-order valence-electron chi connectivity index (χ3n) is 4.37. The van der Waals surface area contributed by atoms with E-state index in [1.54, 1.807) is 23.1 Å². The summed E-state index contributed by atoms with van der Waals surface area (Å²) in [7, 11) is 0. The van der Waals surface area contributed by atoms with Crippen molar-refractivity contribution in [3.63, 3.8) is 0 Å². The third kappa shape index (κ3) is 4.22. The number of anilines is 2. The van der Waals surface area contributed by atoms with Gasteiger partial charge in [-0.25, -0.2) is 4.39 Å². The Kier molecular flexibility index (Phi) is 5.56. The number of benzene rings is 2. The van der Waals surface area contributed by atoms with E-state index < -0.39 is 11.8 Å². The molecule has 136 valence electrons. The quantitative estimate of drug-likeness (QED) is 0.760. The van der Waals surface area contributed by atoms with Crippen LogP contribution in [-0.4, -0.2) is 42.9 Å². The van der Waals surface area contributed by atoms with Gasteiger partial charge in [-0.2, -0.15) is 0 Å². The number of nitrogens with one attached hydrogen (secondary N) is 1. The maximum atomic E-state index is 13.0. The second kappa shape index (κ2) is 7.86. The summed E-state index contributed by atoms with van der Waals surface area (Å²) in [5, 5.41) is 2.65. The second-order valence-corrected chi connectivity index (χ2v) is 7.03. The van der Waals surface area contributed by atoms with Crippen molar-refractivity contribution in [3.8, 4) is 0 Å². The van der Waals surface area contributed by atoms with E-state index in [2.05, 4.69) is 26.1 Å². The van der Waals surface area contributed by atoms with E-state index in [1.807, 2.05) is 19.1 Å². The van der Waals surface area contributed by atoms with Crippen LogP contribution in [0.5, 0.6) is 0 Å². The Hall–Kier alpha value is -2.41. The van der Waals surface area contributed by atoms with Crippen molar-refractivity contribution in [1.29, 1.82) is 0 Å². The van der Waals surface area contributed by atoms with Gasteiger partial charge in [-0.05, 0) is 55.0 Å². The summed E-state index contributed by atoms with van der Waals surface area (Å²) in [6, 6.07) is 11.7. The molecule has 26 heavy (non-hydrogen) atoms. The highest BCUT2D eigenvalue weighted by molar-refractivity contribution is 9.10. The molecule has 2 aromatic carbocycles.